The molecule has 1 aliphatic rings. The van der Waals surface area contributed by atoms with Gasteiger partial charge in [0.05, 0.1) is 5.52 Å². The first-order valence-corrected chi connectivity index (χ1v) is 9.82. The van der Waals surface area contributed by atoms with Crippen molar-refractivity contribution in [3.63, 3.8) is 0 Å². The number of halogens is 3. The van der Waals surface area contributed by atoms with Gasteiger partial charge < -0.3 is 15.0 Å². The van der Waals surface area contributed by atoms with Crippen LogP contribution in [0, 0.1) is 0 Å². The number of carbonyl (C=O) groups excluding carboxylic acids is 1. The van der Waals surface area contributed by atoms with Gasteiger partial charge in [0.2, 0.25) is 11.9 Å². The molecule has 11 heteroatoms. The average Bonchev–Trinajstić information content (AvgIpc) is 3.33. The zero-order chi connectivity index (χ0) is 22.5. The van der Waals surface area contributed by atoms with E-state index < -0.39 is 12.4 Å². The highest BCUT2D eigenvalue weighted by molar-refractivity contribution is 5.93. The lowest BCUT2D eigenvalue weighted by Crippen LogP contribution is -2.32. The van der Waals surface area contributed by atoms with E-state index in [0.29, 0.717) is 35.6 Å². The minimum Gasteiger partial charge on any atom is -0.406 e. The summed E-state index contributed by atoms with van der Waals surface area (Å²) in [6, 6.07) is 12.3. The van der Waals surface area contributed by atoms with Gasteiger partial charge >= 0.3 is 6.36 Å². The molecule has 32 heavy (non-hydrogen) atoms. The summed E-state index contributed by atoms with van der Waals surface area (Å²) in [7, 11) is 1.73. The number of likely N-dealkylation sites (N-methyl/N-ethyl adjacent to an activating group) is 1. The number of amides is 1. The third-order valence-electron chi connectivity index (χ3n) is 5.24. The predicted molar refractivity (Wildman–Crippen MR) is 110 cm³/mol. The maximum absolute atomic E-state index is 12.6. The summed E-state index contributed by atoms with van der Waals surface area (Å²) in [6.45, 7) is 0.627. The fourth-order valence-electron chi connectivity index (χ4n) is 3.72. The monoisotopic (exact) mass is 442 g/mol. The Bertz CT molecular complexity index is 1340. The smallest absolute Gasteiger partial charge is 0.406 e. The van der Waals surface area contributed by atoms with E-state index in [1.165, 1.54) is 22.7 Å². The molecule has 1 N–H and O–H groups in total. The highest BCUT2D eigenvalue weighted by Gasteiger charge is 2.32. The predicted octanol–water partition coefficient (Wildman–Crippen LogP) is 3.49. The number of aromatic nitrogens is 4. The highest BCUT2D eigenvalue weighted by atomic mass is 19.4. The molecule has 5 rings (SSSR count). The van der Waals surface area contributed by atoms with E-state index in [1.54, 1.807) is 18.0 Å². The summed E-state index contributed by atoms with van der Waals surface area (Å²) >= 11 is 0. The van der Waals surface area contributed by atoms with Crippen LogP contribution in [0.2, 0.25) is 0 Å². The normalized spacial score (nSPS) is 16.8. The molecule has 1 amide bonds. The van der Waals surface area contributed by atoms with Crippen molar-refractivity contribution in [2.45, 2.75) is 18.8 Å². The van der Waals surface area contributed by atoms with Crippen LogP contribution in [-0.2, 0) is 4.79 Å². The zero-order valence-electron chi connectivity index (χ0n) is 16.8. The summed E-state index contributed by atoms with van der Waals surface area (Å²) < 4.78 is 43.3. The van der Waals surface area contributed by atoms with E-state index in [2.05, 4.69) is 25.1 Å². The summed E-state index contributed by atoms with van der Waals surface area (Å²) in [4.78, 5) is 23.2. The Kier molecular flexibility index (Phi) is 4.61. The molecule has 2 aromatic carbocycles. The maximum Gasteiger partial charge on any atom is 0.573 e. The van der Waals surface area contributed by atoms with E-state index in [0.717, 1.165) is 5.39 Å². The summed E-state index contributed by atoms with van der Waals surface area (Å²) in [6.07, 6.45) is -4.19. The molecule has 0 radical (unpaired) electrons. The number of likely N-dealkylation sites (tertiary alicyclic amines) is 1. The molecule has 1 atom stereocenters. The number of anilines is 1. The minimum atomic E-state index is -4.80. The third-order valence-corrected chi connectivity index (χ3v) is 5.24. The third kappa shape index (κ3) is 3.66. The highest BCUT2D eigenvalue weighted by Crippen LogP contribution is 2.29. The lowest BCUT2D eigenvalue weighted by atomic mass is 10.2. The Hall–Kier alpha value is -3.89. The number of alkyl halides is 3. The van der Waals surface area contributed by atoms with Crippen molar-refractivity contribution in [2.24, 2.45) is 0 Å². The van der Waals surface area contributed by atoms with Gasteiger partial charge in [-0.2, -0.15) is 4.52 Å². The number of nitrogens with zero attached hydrogens (tertiary/aromatic N) is 5. The summed E-state index contributed by atoms with van der Waals surface area (Å²) in [5.74, 6) is 0.114. The van der Waals surface area contributed by atoms with Crippen LogP contribution in [0.25, 0.3) is 27.9 Å². The van der Waals surface area contributed by atoms with Crippen LogP contribution < -0.4 is 10.1 Å². The number of carbonyl (C=O) groups is 1. The number of hydrogen-bond acceptors (Lipinski definition) is 6. The van der Waals surface area contributed by atoms with Crippen molar-refractivity contribution in [3.8, 4) is 17.1 Å². The lowest BCUT2D eigenvalue weighted by Gasteiger charge is -2.14. The Morgan fingerprint density at radius 3 is 2.69 bits per heavy atom. The van der Waals surface area contributed by atoms with E-state index >= 15 is 0 Å². The largest absolute Gasteiger partial charge is 0.573 e. The van der Waals surface area contributed by atoms with Gasteiger partial charge in [-0.3, -0.25) is 4.79 Å². The molecule has 4 aromatic rings. The number of ether oxygens (including phenoxy) is 1. The molecule has 1 saturated heterocycles. The van der Waals surface area contributed by atoms with E-state index in [4.69, 9.17) is 0 Å². The molecule has 0 bridgehead atoms. The molecular weight excluding hydrogens is 425 g/mol. The van der Waals surface area contributed by atoms with Gasteiger partial charge in [-0.05, 0) is 30.7 Å². The summed E-state index contributed by atoms with van der Waals surface area (Å²) in [5.41, 5.74) is 1.46. The van der Waals surface area contributed by atoms with Crippen molar-refractivity contribution in [3.05, 3.63) is 48.5 Å². The number of para-hydroxylation sites is 1. The van der Waals surface area contributed by atoms with Crippen molar-refractivity contribution >= 4 is 28.4 Å². The molecule has 2 aromatic heterocycles. The molecule has 0 spiro atoms. The van der Waals surface area contributed by atoms with Crippen LogP contribution in [0.4, 0.5) is 19.1 Å². The molecule has 3 heterocycles. The molecule has 0 unspecified atom stereocenters. The van der Waals surface area contributed by atoms with Crippen LogP contribution in [0.15, 0.2) is 48.5 Å². The number of rotatable bonds is 4. The summed E-state index contributed by atoms with van der Waals surface area (Å²) in [5, 5.41) is 8.34. The van der Waals surface area contributed by atoms with Crippen molar-refractivity contribution in [1.82, 2.24) is 24.5 Å². The molecule has 0 saturated carbocycles. The number of benzene rings is 2. The minimum absolute atomic E-state index is 0.0505. The first kappa shape index (κ1) is 20.0. The van der Waals surface area contributed by atoms with Crippen molar-refractivity contribution in [1.29, 1.82) is 0 Å². The SMILES string of the molecule is CN1CC[C@@H](Nc2nc3ccccc3c3nc(-c4cccc(OC(F)(F)F)c4)nn23)C1=O. The standard InChI is InChI=1S/C21H17F3N6O2/c1-29-10-9-16(19(29)31)26-20-25-15-8-3-2-7-14(15)18-27-17(28-30(18)20)12-5-4-6-13(11-12)32-21(22,23)24/h2-8,11,16H,9-10H2,1H3,(H,25,26)/t16-/m1/s1. The van der Waals surface area contributed by atoms with E-state index in [-0.39, 0.29) is 17.5 Å². The van der Waals surface area contributed by atoms with Gasteiger partial charge in [-0.1, -0.05) is 24.3 Å². The van der Waals surface area contributed by atoms with Gasteiger partial charge in [0.15, 0.2) is 11.5 Å². The molecule has 8 nitrogen and oxygen atoms in total. The van der Waals surface area contributed by atoms with Gasteiger partial charge in [0.1, 0.15) is 11.8 Å². The number of hydrogen-bond donors (Lipinski definition) is 1. The molecular formula is C21H17F3N6O2. The Morgan fingerprint density at radius 1 is 1.12 bits per heavy atom. The first-order valence-electron chi connectivity index (χ1n) is 9.82. The van der Waals surface area contributed by atoms with Crippen LogP contribution >= 0.6 is 0 Å². The number of fused-ring (bicyclic) bond motifs is 3. The molecule has 1 fully saturated rings. The van der Waals surface area contributed by atoms with Gasteiger partial charge in [-0.25, -0.2) is 9.97 Å². The zero-order valence-corrected chi connectivity index (χ0v) is 16.8. The Morgan fingerprint density at radius 2 is 1.94 bits per heavy atom. The topological polar surface area (TPSA) is 84.7 Å². The van der Waals surface area contributed by atoms with Gasteiger partial charge in [-0.15, -0.1) is 18.3 Å². The fourth-order valence-corrected chi connectivity index (χ4v) is 3.72. The van der Waals surface area contributed by atoms with Crippen LogP contribution in [0.3, 0.4) is 0 Å². The molecule has 0 aliphatic carbocycles. The molecule has 1 aliphatic heterocycles. The van der Waals surface area contributed by atoms with Gasteiger partial charge in [0.25, 0.3) is 0 Å². The second-order valence-corrected chi connectivity index (χ2v) is 7.44. The first-order chi connectivity index (χ1) is 15.3. The van der Waals surface area contributed by atoms with Crippen LogP contribution in [0.1, 0.15) is 6.42 Å². The quantitative estimate of drug-likeness (QED) is 0.521. The molecule has 164 valence electrons. The van der Waals surface area contributed by atoms with Crippen molar-refractivity contribution < 1.29 is 22.7 Å². The lowest BCUT2D eigenvalue weighted by molar-refractivity contribution is -0.274. The Labute approximate surface area is 179 Å². The second-order valence-electron chi connectivity index (χ2n) is 7.44. The fraction of sp³-hybridized carbons (Fsp3) is 0.238. The Balaban J connectivity index is 1.62. The second kappa shape index (κ2) is 7.36. The van der Waals surface area contributed by atoms with Gasteiger partial charge in [0, 0.05) is 24.5 Å². The van der Waals surface area contributed by atoms with Crippen molar-refractivity contribution in [2.75, 3.05) is 18.9 Å². The van der Waals surface area contributed by atoms with Crippen LogP contribution in [-0.4, -0.2) is 56.4 Å². The maximum atomic E-state index is 12.6. The average molecular weight is 442 g/mol. The van der Waals surface area contributed by atoms with Crippen LogP contribution in [0.5, 0.6) is 5.75 Å². The number of nitrogens with one attached hydrogen (secondary N) is 1. The van der Waals surface area contributed by atoms with E-state index in [9.17, 15) is 18.0 Å². The van der Waals surface area contributed by atoms with E-state index in [1.807, 2.05) is 24.3 Å².